The summed E-state index contributed by atoms with van der Waals surface area (Å²) in [5.74, 6) is 0.921. The maximum Gasteiger partial charge on any atom is 0.260 e. The second-order valence-electron chi connectivity index (χ2n) is 4.49. The lowest BCUT2D eigenvalue weighted by atomic mass is 10.2. The zero-order chi connectivity index (χ0) is 13.3. The van der Waals surface area contributed by atoms with Crippen molar-refractivity contribution in [3.8, 4) is 0 Å². The summed E-state index contributed by atoms with van der Waals surface area (Å²) in [6.07, 6.45) is 0. The second kappa shape index (κ2) is 5.42. The lowest BCUT2D eigenvalue weighted by Crippen LogP contribution is -2.15. The lowest BCUT2D eigenvalue weighted by molar-refractivity contribution is 0.437. The highest BCUT2D eigenvalue weighted by atomic mass is 32.2. The first-order chi connectivity index (χ1) is 8.49. The topological polar surface area (TPSA) is 49.0 Å². The number of aryl methyl sites for hydroxylation is 2. The highest BCUT2D eigenvalue weighted by molar-refractivity contribution is 7.99. The van der Waals surface area contributed by atoms with Crippen LogP contribution in [0.1, 0.15) is 10.4 Å². The average molecular weight is 283 g/mol. The van der Waals surface area contributed by atoms with Gasteiger partial charge in [0.2, 0.25) is 0 Å². The van der Waals surface area contributed by atoms with Gasteiger partial charge in [0.15, 0.2) is 5.16 Å². The Balaban J connectivity index is 2.29. The molecule has 0 atom stereocenters. The highest BCUT2D eigenvalue weighted by Crippen LogP contribution is 2.27. The van der Waals surface area contributed by atoms with Crippen LogP contribution in [0, 0.1) is 13.8 Å². The number of aromatic amines is 1. The van der Waals surface area contributed by atoms with Crippen molar-refractivity contribution in [2.45, 2.75) is 19.0 Å². The van der Waals surface area contributed by atoms with Crippen LogP contribution >= 0.6 is 23.1 Å². The quantitative estimate of drug-likeness (QED) is 0.691. The van der Waals surface area contributed by atoms with Crippen molar-refractivity contribution in [2.75, 3.05) is 26.4 Å². The van der Waals surface area contributed by atoms with Crippen LogP contribution in [0.4, 0.5) is 0 Å². The van der Waals surface area contributed by atoms with E-state index in [9.17, 15) is 4.79 Å². The summed E-state index contributed by atoms with van der Waals surface area (Å²) in [6, 6.07) is 0. The summed E-state index contributed by atoms with van der Waals surface area (Å²) in [5, 5.41) is 1.46. The number of H-pyrrole nitrogens is 1. The van der Waals surface area contributed by atoms with E-state index >= 15 is 0 Å². The third kappa shape index (κ3) is 2.76. The Morgan fingerprint density at radius 2 is 2.11 bits per heavy atom. The number of nitrogens with one attached hydrogen (secondary N) is 1. The molecule has 2 aromatic heterocycles. The first-order valence-electron chi connectivity index (χ1n) is 5.76. The molecule has 0 aliphatic heterocycles. The summed E-state index contributed by atoms with van der Waals surface area (Å²) in [4.78, 5) is 23.5. The molecule has 0 saturated carbocycles. The van der Waals surface area contributed by atoms with Gasteiger partial charge in [0.1, 0.15) is 4.83 Å². The van der Waals surface area contributed by atoms with Crippen LogP contribution in [0.2, 0.25) is 0 Å². The molecule has 2 rings (SSSR count). The van der Waals surface area contributed by atoms with Crippen LogP contribution in [0.25, 0.3) is 10.2 Å². The number of hydrogen-bond donors (Lipinski definition) is 1. The van der Waals surface area contributed by atoms with Gasteiger partial charge in [0, 0.05) is 17.2 Å². The first-order valence-corrected chi connectivity index (χ1v) is 7.57. The van der Waals surface area contributed by atoms with Crippen LogP contribution in [0.3, 0.4) is 0 Å². The molecule has 0 aliphatic rings. The summed E-state index contributed by atoms with van der Waals surface area (Å²) in [5.41, 5.74) is 1.03. The standard InChI is InChI=1S/C12H17N3OS2/c1-7-8(2)18-11-9(7)10(16)13-12(14-11)17-6-5-15(3)4/h5-6H2,1-4H3,(H,13,14,16). The number of thiophene rings is 1. The van der Waals surface area contributed by atoms with Gasteiger partial charge in [0.05, 0.1) is 5.39 Å². The number of hydrogen-bond acceptors (Lipinski definition) is 5. The molecule has 0 saturated heterocycles. The van der Waals surface area contributed by atoms with Crippen LogP contribution in [0.15, 0.2) is 9.95 Å². The van der Waals surface area contributed by atoms with E-state index in [-0.39, 0.29) is 5.56 Å². The van der Waals surface area contributed by atoms with Crippen molar-refractivity contribution in [1.29, 1.82) is 0 Å². The molecule has 0 fully saturated rings. The number of nitrogens with zero attached hydrogens (tertiary/aromatic N) is 2. The van der Waals surface area contributed by atoms with Gasteiger partial charge in [-0.1, -0.05) is 11.8 Å². The highest BCUT2D eigenvalue weighted by Gasteiger charge is 2.11. The molecule has 0 radical (unpaired) electrons. The molecule has 0 aromatic carbocycles. The Labute approximate surface area is 114 Å². The van der Waals surface area contributed by atoms with E-state index < -0.39 is 0 Å². The predicted molar refractivity (Wildman–Crippen MR) is 79.0 cm³/mol. The molecular weight excluding hydrogens is 266 g/mol. The van der Waals surface area contributed by atoms with Crippen molar-refractivity contribution >= 4 is 33.3 Å². The van der Waals surface area contributed by atoms with Crippen molar-refractivity contribution in [2.24, 2.45) is 0 Å². The Hall–Kier alpha value is -0.850. The van der Waals surface area contributed by atoms with Gasteiger partial charge in [-0.2, -0.15) is 0 Å². The lowest BCUT2D eigenvalue weighted by Gasteiger charge is -2.07. The minimum absolute atomic E-state index is 0.0193. The van der Waals surface area contributed by atoms with Gasteiger partial charge in [-0.15, -0.1) is 11.3 Å². The van der Waals surface area contributed by atoms with Gasteiger partial charge in [-0.3, -0.25) is 4.79 Å². The van der Waals surface area contributed by atoms with Crippen LogP contribution in [-0.2, 0) is 0 Å². The van der Waals surface area contributed by atoms with Gasteiger partial charge in [-0.05, 0) is 33.5 Å². The SMILES string of the molecule is Cc1sc2nc(SCCN(C)C)[nH]c(=O)c2c1C. The maximum absolute atomic E-state index is 12.0. The number of thioether (sulfide) groups is 1. The third-order valence-corrected chi connectivity index (χ3v) is 4.75. The van der Waals surface area contributed by atoms with Gasteiger partial charge < -0.3 is 9.88 Å². The number of fused-ring (bicyclic) bond motifs is 1. The van der Waals surface area contributed by atoms with Crippen LogP contribution < -0.4 is 5.56 Å². The number of rotatable bonds is 4. The second-order valence-corrected chi connectivity index (χ2v) is 6.77. The van der Waals surface area contributed by atoms with E-state index in [1.54, 1.807) is 23.1 Å². The Kier molecular flexibility index (Phi) is 4.09. The Morgan fingerprint density at radius 3 is 2.78 bits per heavy atom. The van der Waals surface area contributed by atoms with Gasteiger partial charge in [-0.25, -0.2) is 4.98 Å². The fourth-order valence-corrected chi connectivity index (χ4v) is 3.69. The summed E-state index contributed by atoms with van der Waals surface area (Å²) in [7, 11) is 4.07. The molecule has 0 unspecified atom stereocenters. The number of aromatic nitrogens is 2. The molecule has 4 nitrogen and oxygen atoms in total. The molecular formula is C12H17N3OS2. The first kappa shape index (κ1) is 13.6. The van der Waals surface area contributed by atoms with Gasteiger partial charge >= 0.3 is 0 Å². The van der Waals surface area contributed by atoms with E-state index in [0.717, 1.165) is 33.2 Å². The third-order valence-electron chi connectivity index (χ3n) is 2.79. The summed E-state index contributed by atoms with van der Waals surface area (Å²) >= 11 is 3.18. The van der Waals surface area contributed by atoms with Crippen molar-refractivity contribution in [3.63, 3.8) is 0 Å². The van der Waals surface area contributed by atoms with E-state index in [4.69, 9.17) is 0 Å². The van der Waals surface area contributed by atoms with E-state index in [1.807, 2.05) is 27.9 Å². The predicted octanol–water partition coefficient (Wildman–Crippen LogP) is 2.26. The Morgan fingerprint density at radius 1 is 1.39 bits per heavy atom. The Bertz CT molecular complexity index is 616. The molecule has 2 heterocycles. The summed E-state index contributed by atoms with van der Waals surface area (Å²) in [6.45, 7) is 4.97. The molecule has 0 spiro atoms. The van der Waals surface area contributed by atoms with Gasteiger partial charge in [0.25, 0.3) is 5.56 Å². The molecule has 98 valence electrons. The maximum atomic E-state index is 12.0. The molecule has 1 N–H and O–H groups in total. The molecule has 2 aromatic rings. The van der Waals surface area contributed by atoms with Crippen molar-refractivity contribution in [1.82, 2.24) is 14.9 Å². The minimum atomic E-state index is -0.0193. The van der Waals surface area contributed by atoms with Crippen molar-refractivity contribution < 1.29 is 0 Å². The molecule has 0 aliphatic carbocycles. The zero-order valence-corrected chi connectivity index (χ0v) is 12.7. The largest absolute Gasteiger partial charge is 0.309 e. The fraction of sp³-hybridized carbons (Fsp3) is 0.500. The zero-order valence-electron chi connectivity index (χ0n) is 11.0. The minimum Gasteiger partial charge on any atom is -0.309 e. The monoisotopic (exact) mass is 283 g/mol. The van der Waals surface area contributed by atoms with E-state index in [0.29, 0.717) is 0 Å². The molecule has 0 bridgehead atoms. The van der Waals surface area contributed by atoms with Crippen molar-refractivity contribution in [3.05, 3.63) is 20.8 Å². The molecule has 18 heavy (non-hydrogen) atoms. The average Bonchev–Trinajstić information content (AvgIpc) is 2.54. The van der Waals surface area contributed by atoms with E-state index in [2.05, 4.69) is 14.9 Å². The fourth-order valence-electron chi connectivity index (χ4n) is 1.63. The van der Waals surface area contributed by atoms with E-state index in [1.165, 1.54) is 4.88 Å². The molecule has 6 heteroatoms. The van der Waals surface area contributed by atoms with Crippen LogP contribution in [-0.4, -0.2) is 41.3 Å². The molecule has 0 amide bonds. The smallest absolute Gasteiger partial charge is 0.260 e. The van der Waals surface area contributed by atoms with Crippen LogP contribution in [0.5, 0.6) is 0 Å². The summed E-state index contributed by atoms with van der Waals surface area (Å²) < 4.78 is 0. The normalized spacial score (nSPS) is 11.6.